The van der Waals surface area contributed by atoms with E-state index in [1.165, 1.54) is 30.1 Å². The van der Waals surface area contributed by atoms with Crippen molar-refractivity contribution in [2.24, 2.45) is 5.10 Å². The van der Waals surface area contributed by atoms with Gasteiger partial charge in [-0.1, -0.05) is 59.1 Å². The smallest absolute Gasteiger partial charge is 0.207 e. The molecule has 1 aliphatic heterocycles. The van der Waals surface area contributed by atoms with Gasteiger partial charge >= 0.3 is 0 Å². The summed E-state index contributed by atoms with van der Waals surface area (Å²) in [5, 5.41) is 10.6. The molecule has 1 atom stereocenters. The number of aryl methyl sites for hydroxylation is 1. The zero-order valence-electron chi connectivity index (χ0n) is 18.8. The van der Waals surface area contributed by atoms with E-state index >= 15 is 0 Å². The largest absolute Gasteiger partial charge is 0.494 e. The second-order valence-electron chi connectivity index (χ2n) is 8.01. The van der Waals surface area contributed by atoms with E-state index < -0.39 is 5.82 Å². The van der Waals surface area contributed by atoms with Gasteiger partial charge in [-0.2, -0.15) is 5.10 Å². The molecule has 35 heavy (non-hydrogen) atoms. The average Bonchev–Trinajstić information content (AvgIpc) is 3.47. The second kappa shape index (κ2) is 10.7. The highest BCUT2D eigenvalue weighted by molar-refractivity contribution is 8.93. The summed E-state index contributed by atoms with van der Waals surface area (Å²) in [5.41, 5.74) is 5.41. The first kappa shape index (κ1) is 25.6. The predicted octanol–water partition coefficient (Wildman–Crippen LogP) is 8.51. The molecule has 0 saturated carbocycles. The molecule has 0 aliphatic carbocycles. The monoisotopic (exact) mass is 591 g/mol. The Kier molecular flexibility index (Phi) is 7.81. The summed E-state index contributed by atoms with van der Waals surface area (Å²) in [5.74, 6) is -0.239. The molecule has 1 aromatic heterocycles. The zero-order valence-corrected chi connectivity index (χ0v) is 22.9. The molecule has 2 heterocycles. The molecular formula is C26H21BrCl2FN3OS. The average molecular weight is 593 g/mol. The number of methoxy groups -OCH3 is 1. The number of nitrogens with zero attached hydrogens (tertiary/aromatic N) is 3. The second-order valence-corrected chi connectivity index (χ2v) is 9.69. The van der Waals surface area contributed by atoms with Crippen LogP contribution in [0, 0.1) is 12.7 Å². The molecule has 0 saturated heterocycles. The van der Waals surface area contributed by atoms with Crippen molar-refractivity contribution in [1.29, 1.82) is 0 Å². The van der Waals surface area contributed by atoms with Crippen LogP contribution in [0.5, 0.6) is 5.75 Å². The first-order valence-corrected chi connectivity index (χ1v) is 12.2. The maximum Gasteiger partial charge on any atom is 0.207 e. The minimum Gasteiger partial charge on any atom is -0.494 e. The zero-order chi connectivity index (χ0) is 23.8. The van der Waals surface area contributed by atoms with Crippen molar-refractivity contribution in [2.75, 3.05) is 12.1 Å². The van der Waals surface area contributed by atoms with Gasteiger partial charge in [0.25, 0.3) is 0 Å². The normalized spacial score (nSPS) is 15.1. The molecule has 1 unspecified atom stereocenters. The third-order valence-corrected chi connectivity index (χ3v) is 7.14. The predicted molar refractivity (Wildman–Crippen MR) is 148 cm³/mol. The molecule has 0 N–H and O–H groups in total. The molecule has 3 aromatic carbocycles. The fourth-order valence-corrected chi connectivity index (χ4v) is 5.31. The van der Waals surface area contributed by atoms with Crippen LogP contribution < -0.4 is 9.75 Å². The maximum absolute atomic E-state index is 14.4. The number of hydrogen-bond acceptors (Lipinski definition) is 5. The van der Waals surface area contributed by atoms with Crippen molar-refractivity contribution in [1.82, 2.24) is 4.98 Å². The van der Waals surface area contributed by atoms with Crippen molar-refractivity contribution < 1.29 is 9.13 Å². The Hall–Kier alpha value is -2.45. The number of benzene rings is 3. The molecule has 9 heteroatoms. The fourth-order valence-electron chi connectivity index (χ4n) is 3.95. The number of hydrogen-bond donors (Lipinski definition) is 0. The Labute approximate surface area is 227 Å². The number of aromatic nitrogens is 1. The Morgan fingerprint density at radius 2 is 1.77 bits per heavy atom. The number of thiazole rings is 1. The van der Waals surface area contributed by atoms with Crippen LogP contribution in [0.3, 0.4) is 0 Å². The molecule has 0 bridgehead atoms. The van der Waals surface area contributed by atoms with Crippen molar-refractivity contribution in [2.45, 2.75) is 19.4 Å². The summed E-state index contributed by atoms with van der Waals surface area (Å²) < 4.78 is 19.5. The van der Waals surface area contributed by atoms with E-state index in [0.717, 1.165) is 27.7 Å². The summed E-state index contributed by atoms with van der Waals surface area (Å²) in [6, 6.07) is 18.3. The van der Waals surface area contributed by atoms with Gasteiger partial charge in [-0.05, 0) is 42.8 Å². The van der Waals surface area contributed by atoms with Gasteiger partial charge in [-0.3, -0.25) is 0 Å². The molecule has 0 radical (unpaired) electrons. The first-order chi connectivity index (χ1) is 16.4. The molecule has 0 amide bonds. The van der Waals surface area contributed by atoms with E-state index in [9.17, 15) is 4.39 Å². The lowest BCUT2D eigenvalue weighted by atomic mass is 9.98. The standard InChI is InChI=1S/C26H20Cl2FN3OS.BrH/c1-15-3-5-16(6-4-15)23-14-34-26(30-23)32-24(19-9-8-18(27)12-20(19)28)13-22(31-32)17-7-10-25(33-2)21(29)11-17;/h3-12,14,24H,13H2,1-2H3;1H. The number of hydrazone groups is 1. The summed E-state index contributed by atoms with van der Waals surface area (Å²) >= 11 is 14.2. The van der Waals surface area contributed by atoms with Crippen LogP contribution in [0.4, 0.5) is 9.52 Å². The van der Waals surface area contributed by atoms with Crippen LogP contribution in [0.2, 0.25) is 10.0 Å². The summed E-state index contributed by atoms with van der Waals surface area (Å²) in [4.78, 5) is 4.86. The van der Waals surface area contributed by atoms with Crippen molar-refractivity contribution in [3.63, 3.8) is 0 Å². The van der Waals surface area contributed by atoms with Crippen LogP contribution in [0.1, 0.15) is 29.2 Å². The molecule has 0 fully saturated rings. The first-order valence-electron chi connectivity index (χ1n) is 10.6. The summed E-state index contributed by atoms with van der Waals surface area (Å²) in [6.45, 7) is 2.05. The molecule has 0 spiro atoms. The molecule has 4 aromatic rings. The quantitative estimate of drug-likeness (QED) is 0.233. The van der Waals surface area contributed by atoms with Crippen molar-refractivity contribution in [3.05, 3.63) is 98.6 Å². The van der Waals surface area contributed by atoms with Crippen LogP contribution >= 0.6 is 51.5 Å². The van der Waals surface area contributed by atoms with Crippen LogP contribution in [0.15, 0.2) is 71.1 Å². The van der Waals surface area contributed by atoms with Gasteiger partial charge in [0.05, 0.1) is 24.6 Å². The molecular weight excluding hydrogens is 572 g/mol. The molecule has 1 aliphatic rings. The van der Waals surface area contributed by atoms with Crippen molar-refractivity contribution >= 4 is 62.4 Å². The lowest BCUT2D eigenvalue weighted by molar-refractivity contribution is 0.386. The topological polar surface area (TPSA) is 37.7 Å². The molecule has 5 rings (SSSR count). The fraction of sp³-hybridized carbons (Fsp3) is 0.154. The highest BCUT2D eigenvalue weighted by Gasteiger charge is 2.33. The van der Waals surface area contributed by atoms with Crippen molar-refractivity contribution in [3.8, 4) is 17.0 Å². The Morgan fingerprint density at radius 1 is 1.03 bits per heavy atom. The highest BCUT2D eigenvalue weighted by Crippen LogP contribution is 2.42. The van der Waals surface area contributed by atoms with E-state index in [-0.39, 0.29) is 28.8 Å². The van der Waals surface area contributed by atoms with E-state index in [1.54, 1.807) is 12.1 Å². The minimum absolute atomic E-state index is 0. The SMILES string of the molecule is Br.COc1ccc(C2=NN(c3nc(-c4ccc(C)cc4)cs3)C(c3ccc(Cl)cc3Cl)C2)cc1F. The third kappa shape index (κ3) is 5.23. The van der Waals surface area contributed by atoms with Gasteiger partial charge in [0.2, 0.25) is 5.13 Å². The van der Waals surface area contributed by atoms with E-state index in [0.29, 0.717) is 22.0 Å². The molecule has 4 nitrogen and oxygen atoms in total. The lowest BCUT2D eigenvalue weighted by Crippen LogP contribution is -2.18. The summed E-state index contributed by atoms with van der Waals surface area (Å²) in [6.07, 6.45) is 0.534. The minimum atomic E-state index is -0.432. The Bertz CT molecular complexity index is 1390. The van der Waals surface area contributed by atoms with E-state index in [1.807, 2.05) is 28.6 Å². The summed E-state index contributed by atoms with van der Waals surface area (Å²) in [7, 11) is 1.44. The van der Waals surface area contributed by atoms with E-state index in [2.05, 4.69) is 31.2 Å². The third-order valence-electron chi connectivity index (χ3n) is 5.75. The van der Waals surface area contributed by atoms with Gasteiger partial charge in [-0.15, -0.1) is 28.3 Å². The van der Waals surface area contributed by atoms with Gasteiger partial charge in [-0.25, -0.2) is 14.4 Å². The van der Waals surface area contributed by atoms with Gasteiger partial charge in [0.1, 0.15) is 0 Å². The molecule has 180 valence electrons. The highest BCUT2D eigenvalue weighted by atomic mass is 79.9. The number of rotatable bonds is 5. The van der Waals surface area contributed by atoms with Crippen LogP contribution in [-0.4, -0.2) is 17.8 Å². The number of halogens is 4. The van der Waals surface area contributed by atoms with Gasteiger partial charge in [0.15, 0.2) is 11.6 Å². The lowest BCUT2D eigenvalue weighted by Gasteiger charge is -2.22. The Morgan fingerprint density at radius 3 is 2.46 bits per heavy atom. The Balaban J connectivity index is 0.00000289. The van der Waals surface area contributed by atoms with Crippen LogP contribution in [0.25, 0.3) is 11.3 Å². The van der Waals surface area contributed by atoms with Gasteiger partial charge < -0.3 is 4.74 Å². The van der Waals surface area contributed by atoms with Gasteiger partial charge in [0, 0.05) is 33.0 Å². The van der Waals surface area contributed by atoms with E-state index in [4.69, 9.17) is 38.0 Å². The maximum atomic E-state index is 14.4. The number of anilines is 1. The number of ether oxygens (including phenoxy) is 1. The van der Waals surface area contributed by atoms with Crippen LogP contribution in [-0.2, 0) is 0 Å².